The number of rotatable bonds is 0. The molecule has 0 radical (unpaired) electrons. The van der Waals surface area contributed by atoms with Crippen molar-refractivity contribution in [2.45, 2.75) is 43.2 Å². The van der Waals surface area contributed by atoms with E-state index in [-0.39, 0.29) is 47.0 Å². The molecule has 22 heavy (non-hydrogen) atoms. The molecule has 4 aliphatic rings. The monoisotopic (exact) mass is 413 g/mol. The number of piperidine rings is 1. The normalized spacial score (nSPS) is 38.0. The summed E-state index contributed by atoms with van der Waals surface area (Å²) in [5.41, 5.74) is 2.26. The fourth-order valence-electron chi connectivity index (χ4n) is 5.52. The number of benzene rings is 1. The molecule has 1 saturated heterocycles. The summed E-state index contributed by atoms with van der Waals surface area (Å²) in [5.74, 6) is 1.50. The summed E-state index contributed by atoms with van der Waals surface area (Å²) in [7, 11) is 2.20. The van der Waals surface area contributed by atoms with Gasteiger partial charge in [0.05, 0.1) is 0 Å². The number of nitrogens with zero attached hydrogens (tertiary/aromatic N) is 1. The Morgan fingerprint density at radius 2 is 2.23 bits per heavy atom. The molecule has 1 aromatic carbocycles. The third-order valence-corrected chi connectivity index (χ3v) is 6.39. The van der Waals surface area contributed by atoms with E-state index in [9.17, 15) is 9.90 Å². The molecule has 4 atom stereocenters. The van der Waals surface area contributed by atoms with E-state index < -0.39 is 0 Å². The lowest BCUT2D eigenvalue weighted by atomic mass is 9.52. The Kier molecular flexibility index (Phi) is 3.08. The van der Waals surface area contributed by atoms with Gasteiger partial charge in [0.1, 0.15) is 0 Å². The number of likely N-dealkylation sites (N-methyl/N-ethyl adjacent to an activating group) is 1. The quantitative estimate of drug-likeness (QED) is 0.664. The third-order valence-electron chi connectivity index (χ3n) is 6.39. The number of likely N-dealkylation sites (tertiary alicyclic amines) is 1. The second kappa shape index (κ2) is 4.60. The Balaban J connectivity index is 0.00000125. The lowest BCUT2D eigenvalue weighted by Crippen LogP contribution is -2.65. The smallest absolute Gasteiger partial charge is 0.174 e. The fourth-order valence-corrected chi connectivity index (χ4v) is 5.52. The summed E-state index contributed by atoms with van der Waals surface area (Å²) in [6.07, 6.45) is 3.18. The molecule has 0 aromatic heterocycles. The van der Waals surface area contributed by atoms with Crippen molar-refractivity contribution in [3.63, 3.8) is 0 Å². The van der Waals surface area contributed by atoms with Gasteiger partial charge in [-0.2, -0.15) is 0 Å². The van der Waals surface area contributed by atoms with E-state index in [0.717, 1.165) is 31.4 Å². The molecule has 0 unspecified atom stereocenters. The molecule has 1 aromatic rings. The van der Waals surface area contributed by atoms with Crippen LogP contribution >= 0.6 is 24.0 Å². The molecule has 0 amide bonds. The van der Waals surface area contributed by atoms with Crippen molar-refractivity contribution in [2.24, 2.45) is 5.92 Å². The number of hydrogen-bond acceptors (Lipinski definition) is 4. The molecule has 118 valence electrons. The van der Waals surface area contributed by atoms with E-state index in [1.165, 1.54) is 5.56 Å². The standard InChI is InChI=1S/C17H19NO3.HI/c1-18-7-6-17-10-3-5-13(20)16(17)21-15-12(19)4-2-9(14(15)17)8-11(10)18;/h2,4,10-11,16,19H,3,5-8H2,1H3;1H/t10-,11+,16-,17-;/m0./s1. The number of carbonyl (C=O) groups excluding carboxylic acids is 1. The Morgan fingerprint density at radius 3 is 3.05 bits per heavy atom. The number of Topliss-reactive ketones (excluding diaryl/α,β-unsaturated/α-hetero) is 1. The van der Waals surface area contributed by atoms with Crippen LogP contribution in [0.5, 0.6) is 11.5 Å². The number of ether oxygens (including phenoxy) is 1. The zero-order valence-electron chi connectivity index (χ0n) is 12.5. The minimum atomic E-state index is -0.366. The van der Waals surface area contributed by atoms with Crippen molar-refractivity contribution < 1.29 is 14.6 Å². The predicted octanol–water partition coefficient (Wildman–Crippen LogP) is 2.25. The molecule has 1 N–H and O–H groups in total. The average molecular weight is 413 g/mol. The molecule has 2 aliphatic heterocycles. The zero-order valence-corrected chi connectivity index (χ0v) is 14.9. The van der Waals surface area contributed by atoms with Crippen LogP contribution in [0.2, 0.25) is 0 Å². The van der Waals surface area contributed by atoms with Crippen molar-refractivity contribution in [3.8, 4) is 11.5 Å². The Labute approximate surface area is 146 Å². The molecule has 4 nitrogen and oxygen atoms in total. The number of hydrogen-bond donors (Lipinski definition) is 1. The number of phenolic OH excluding ortho intramolecular Hbond substituents is 1. The highest BCUT2D eigenvalue weighted by Crippen LogP contribution is 2.62. The third kappa shape index (κ3) is 1.49. The highest BCUT2D eigenvalue weighted by Gasteiger charge is 2.65. The molecular weight excluding hydrogens is 393 g/mol. The van der Waals surface area contributed by atoms with Crippen molar-refractivity contribution in [3.05, 3.63) is 23.3 Å². The predicted molar refractivity (Wildman–Crippen MR) is 92.1 cm³/mol. The van der Waals surface area contributed by atoms with Crippen LogP contribution in [0, 0.1) is 5.92 Å². The molecule has 2 bridgehead atoms. The van der Waals surface area contributed by atoms with Crippen molar-refractivity contribution >= 4 is 29.8 Å². The Bertz CT molecular complexity index is 676. The van der Waals surface area contributed by atoms with E-state index in [1.54, 1.807) is 6.07 Å². The van der Waals surface area contributed by atoms with Crippen LogP contribution in [-0.2, 0) is 16.6 Å². The molecule has 2 aliphatic carbocycles. The summed E-state index contributed by atoms with van der Waals surface area (Å²) >= 11 is 0. The molecule has 5 rings (SSSR count). The van der Waals surface area contributed by atoms with Crippen molar-refractivity contribution in [1.82, 2.24) is 4.90 Å². The topological polar surface area (TPSA) is 49.8 Å². The summed E-state index contributed by atoms with van der Waals surface area (Å²) in [5, 5.41) is 10.2. The maximum absolute atomic E-state index is 12.5. The van der Waals surface area contributed by atoms with Gasteiger partial charge in [-0.25, -0.2) is 0 Å². The van der Waals surface area contributed by atoms with Gasteiger partial charge in [0.15, 0.2) is 23.4 Å². The SMILES string of the molecule is CN1CC[C@]23c4c5ccc(O)c4O[C@H]2C(=O)CC[C@H]3[C@H]1C5.I. The average Bonchev–Trinajstić information content (AvgIpc) is 2.83. The van der Waals surface area contributed by atoms with E-state index in [4.69, 9.17) is 4.74 Å². The van der Waals surface area contributed by atoms with Gasteiger partial charge in [-0.05, 0) is 50.4 Å². The lowest BCUT2D eigenvalue weighted by Gasteiger charge is -2.57. The second-order valence-corrected chi connectivity index (χ2v) is 7.10. The van der Waals surface area contributed by atoms with Crippen LogP contribution in [0.1, 0.15) is 30.4 Å². The zero-order chi connectivity index (χ0) is 14.4. The number of carbonyl (C=O) groups is 1. The summed E-state index contributed by atoms with van der Waals surface area (Å²) in [6.45, 7) is 1.00. The van der Waals surface area contributed by atoms with Crippen LogP contribution in [0.3, 0.4) is 0 Å². The van der Waals surface area contributed by atoms with Gasteiger partial charge in [0, 0.05) is 23.4 Å². The van der Waals surface area contributed by atoms with Crippen LogP contribution in [0.25, 0.3) is 0 Å². The largest absolute Gasteiger partial charge is 0.504 e. The van der Waals surface area contributed by atoms with Gasteiger partial charge in [0.25, 0.3) is 0 Å². The first-order valence-corrected chi connectivity index (χ1v) is 7.88. The van der Waals surface area contributed by atoms with Gasteiger partial charge in [-0.1, -0.05) is 6.07 Å². The molecule has 2 fully saturated rings. The Morgan fingerprint density at radius 1 is 1.41 bits per heavy atom. The minimum Gasteiger partial charge on any atom is -0.504 e. The number of phenols is 1. The van der Waals surface area contributed by atoms with Gasteiger partial charge in [0.2, 0.25) is 0 Å². The number of aromatic hydroxyl groups is 1. The summed E-state index contributed by atoms with van der Waals surface area (Å²) < 4.78 is 6.04. The lowest BCUT2D eigenvalue weighted by molar-refractivity contribution is -0.138. The first-order chi connectivity index (χ1) is 10.1. The number of halogens is 1. The van der Waals surface area contributed by atoms with E-state index >= 15 is 0 Å². The molecule has 1 saturated carbocycles. The molecular formula is C17H20INO3. The molecule has 1 spiro atoms. The maximum atomic E-state index is 12.5. The van der Waals surface area contributed by atoms with Crippen LogP contribution in [0.15, 0.2) is 12.1 Å². The highest BCUT2D eigenvalue weighted by atomic mass is 127. The molecule has 5 heteroatoms. The Hall–Kier alpha value is -0.820. The highest BCUT2D eigenvalue weighted by molar-refractivity contribution is 14.0. The van der Waals surface area contributed by atoms with Crippen molar-refractivity contribution in [1.29, 1.82) is 0 Å². The first kappa shape index (κ1) is 14.8. The second-order valence-electron chi connectivity index (χ2n) is 7.10. The molecule has 2 heterocycles. The van der Waals surface area contributed by atoms with Crippen LogP contribution < -0.4 is 4.74 Å². The van der Waals surface area contributed by atoms with E-state index in [1.807, 2.05) is 6.07 Å². The van der Waals surface area contributed by atoms with Crippen LogP contribution in [-0.4, -0.2) is 41.5 Å². The minimum absolute atomic E-state index is 0. The van der Waals surface area contributed by atoms with E-state index in [0.29, 0.717) is 24.1 Å². The van der Waals surface area contributed by atoms with Crippen molar-refractivity contribution in [2.75, 3.05) is 13.6 Å². The summed E-state index contributed by atoms with van der Waals surface area (Å²) in [4.78, 5) is 14.9. The van der Waals surface area contributed by atoms with Gasteiger partial charge in [-0.3, -0.25) is 4.79 Å². The van der Waals surface area contributed by atoms with Gasteiger partial charge in [-0.15, -0.1) is 24.0 Å². The number of ketones is 1. The first-order valence-electron chi connectivity index (χ1n) is 7.88. The maximum Gasteiger partial charge on any atom is 0.174 e. The van der Waals surface area contributed by atoms with Gasteiger partial charge >= 0.3 is 0 Å². The van der Waals surface area contributed by atoms with Gasteiger partial charge < -0.3 is 14.7 Å². The van der Waals surface area contributed by atoms with E-state index in [2.05, 4.69) is 11.9 Å². The van der Waals surface area contributed by atoms with Crippen LogP contribution in [0.4, 0.5) is 0 Å². The fraction of sp³-hybridized carbons (Fsp3) is 0.588. The summed E-state index contributed by atoms with van der Waals surface area (Å²) in [6, 6.07) is 4.26.